The van der Waals surface area contributed by atoms with Gasteiger partial charge in [0.2, 0.25) is 0 Å². The van der Waals surface area contributed by atoms with Gasteiger partial charge in [0, 0.05) is 18.2 Å². The van der Waals surface area contributed by atoms with Gasteiger partial charge >= 0.3 is 0 Å². The average molecular weight is 161 g/mol. The predicted molar refractivity (Wildman–Crippen MR) is 48.1 cm³/mol. The van der Waals surface area contributed by atoms with E-state index in [-0.39, 0.29) is 0 Å². The summed E-state index contributed by atoms with van der Waals surface area (Å²) in [7, 11) is 0. The SMILES string of the molecule is CCc1oc2cccnc2c1C. The first-order valence-electron chi connectivity index (χ1n) is 4.16. The second-order valence-electron chi connectivity index (χ2n) is 2.85. The van der Waals surface area contributed by atoms with Crippen LogP contribution in [0, 0.1) is 6.92 Å². The Morgan fingerprint density at radius 2 is 2.33 bits per heavy atom. The molecule has 0 aliphatic rings. The van der Waals surface area contributed by atoms with E-state index in [1.807, 2.05) is 12.1 Å². The van der Waals surface area contributed by atoms with Crippen molar-refractivity contribution in [2.75, 3.05) is 0 Å². The first-order valence-corrected chi connectivity index (χ1v) is 4.16. The molecule has 2 rings (SSSR count). The van der Waals surface area contributed by atoms with Gasteiger partial charge in [-0.25, -0.2) is 0 Å². The maximum Gasteiger partial charge on any atom is 0.152 e. The third-order valence-electron chi connectivity index (χ3n) is 2.10. The van der Waals surface area contributed by atoms with Crippen LogP contribution in [0.3, 0.4) is 0 Å². The lowest BCUT2D eigenvalue weighted by Crippen LogP contribution is -1.78. The third kappa shape index (κ3) is 0.916. The molecule has 2 nitrogen and oxygen atoms in total. The Labute approximate surface area is 71.2 Å². The molecule has 0 aliphatic carbocycles. The lowest BCUT2D eigenvalue weighted by molar-refractivity contribution is 0.553. The number of aryl methyl sites for hydroxylation is 2. The van der Waals surface area contributed by atoms with Crippen molar-refractivity contribution in [1.29, 1.82) is 0 Å². The van der Waals surface area contributed by atoms with E-state index in [1.54, 1.807) is 6.20 Å². The van der Waals surface area contributed by atoms with Gasteiger partial charge in [-0.05, 0) is 19.1 Å². The number of pyridine rings is 1. The Morgan fingerprint density at radius 1 is 1.50 bits per heavy atom. The molecule has 62 valence electrons. The van der Waals surface area contributed by atoms with Gasteiger partial charge in [-0.3, -0.25) is 4.98 Å². The topological polar surface area (TPSA) is 26.0 Å². The molecule has 0 spiro atoms. The second kappa shape index (κ2) is 2.63. The van der Waals surface area contributed by atoms with Crippen molar-refractivity contribution >= 4 is 11.1 Å². The summed E-state index contributed by atoms with van der Waals surface area (Å²) >= 11 is 0. The van der Waals surface area contributed by atoms with Crippen LogP contribution in [-0.4, -0.2) is 4.98 Å². The molecule has 0 aromatic carbocycles. The summed E-state index contributed by atoms with van der Waals surface area (Å²) in [6, 6.07) is 3.85. The zero-order chi connectivity index (χ0) is 8.55. The van der Waals surface area contributed by atoms with E-state index in [9.17, 15) is 0 Å². The van der Waals surface area contributed by atoms with E-state index in [0.717, 1.165) is 23.3 Å². The number of hydrogen-bond acceptors (Lipinski definition) is 2. The normalized spacial score (nSPS) is 10.8. The van der Waals surface area contributed by atoms with Gasteiger partial charge in [-0.2, -0.15) is 0 Å². The second-order valence-corrected chi connectivity index (χ2v) is 2.85. The highest BCUT2D eigenvalue weighted by Gasteiger charge is 2.07. The minimum atomic E-state index is 0.895. The van der Waals surface area contributed by atoms with E-state index in [1.165, 1.54) is 5.56 Å². The maximum absolute atomic E-state index is 5.59. The van der Waals surface area contributed by atoms with Crippen LogP contribution in [0.4, 0.5) is 0 Å². The minimum absolute atomic E-state index is 0.895. The Kier molecular flexibility index (Phi) is 1.61. The van der Waals surface area contributed by atoms with Gasteiger partial charge in [0.15, 0.2) is 5.58 Å². The van der Waals surface area contributed by atoms with Gasteiger partial charge < -0.3 is 4.42 Å². The number of nitrogens with zero attached hydrogens (tertiary/aromatic N) is 1. The molecule has 0 atom stereocenters. The average Bonchev–Trinajstić information content (AvgIpc) is 2.44. The van der Waals surface area contributed by atoms with E-state index in [0.29, 0.717) is 0 Å². The highest BCUT2D eigenvalue weighted by atomic mass is 16.3. The summed E-state index contributed by atoms with van der Waals surface area (Å²) in [5, 5.41) is 0. The molecule has 0 fully saturated rings. The Hall–Kier alpha value is -1.31. The van der Waals surface area contributed by atoms with Crippen molar-refractivity contribution in [3.05, 3.63) is 29.7 Å². The summed E-state index contributed by atoms with van der Waals surface area (Å²) < 4.78 is 5.59. The molecule has 12 heavy (non-hydrogen) atoms. The van der Waals surface area contributed by atoms with Crippen LogP contribution in [0.2, 0.25) is 0 Å². The minimum Gasteiger partial charge on any atom is -0.459 e. The van der Waals surface area contributed by atoms with Crippen molar-refractivity contribution in [2.45, 2.75) is 20.3 Å². The standard InChI is InChI=1S/C10H11NO/c1-3-8-7(2)10-9(12-8)5-4-6-11-10/h4-6H,3H2,1-2H3. The van der Waals surface area contributed by atoms with Gasteiger partial charge in [0.25, 0.3) is 0 Å². The zero-order valence-corrected chi connectivity index (χ0v) is 7.29. The lowest BCUT2D eigenvalue weighted by atomic mass is 10.2. The summed E-state index contributed by atoms with van der Waals surface area (Å²) in [5.41, 5.74) is 3.06. The Morgan fingerprint density at radius 3 is 3.00 bits per heavy atom. The van der Waals surface area contributed by atoms with Gasteiger partial charge in [-0.1, -0.05) is 6.92 Å². The first kappa shape index (κ1) is 7.35. The van der Waals surface area contributed by atoms with E-state index >= 15 is 0 Å². The van der Waals surface area contributed by atoms with Crippen molar-refractivity contribution in [3.8, 4) is 0 Å². The fraction of sp³-hybridized carbons (Fsp3) is 0.300. The fourth-order valence-electron chi connectivity index (χ4n) is 1.43. The molecular weight excluding hydrogens is 150 g/mol. The molecule has 2 aromatic heterocycles. The van der Waals surface area contributed by atoms with Gasteiger partial charge in [0.1, 0.15) is 11.3 Å². The molecule has 2 heterocycles. The molecular formula is C10H11NO. The summed E-state index contributed by atoms with van der Waals surface area (Å²) in [5.74, 6) is 1.05. The molecule has 0 N–H and O–H groups in total. The highest BCUT2D eigenvalue weighted by molar-refractivity contribution is 5.77. The number of fused-ring (bicyclic) bond motifs is 1. The number of aromatic nitrogens is 1. The van der Waals surface area contributed by atoms with Crippen molar-refractivity contribution < 1.29 is 4.42 Å². The molecule has 2 heteroatoms. The van der Waals surface area contributed by atoms with Crippen molar-refractivity contribution in [3.63, 3.8) is 0 Å². The summed E-state index contributed by atoms with van der Waals surface area (Å²) in [6.45, 7) is 4.14. The predicted octanol–water partition coefficient (Wildman–Crippen LogP) is 2.70. The van der Waals surface area contributed by atoms with Crippen molar-refractivity contribution in [1.82, 2.24) is 4.98 Å². The van der Waals surface area contributed by atoms with Gasteiger partial charge in [0.05, 0.1) is 0 Å². The monoisotopic (exact) mass is 161 g/mol. The number of rotatable bonds is 1. The van der Waals surface area contributed by atoms with E-state index in [4.69, 9.17) is 4.42 Å². The molecule has 0 saturated heterocycles. The molecule has 0 unspecified atom stereocenters. The fourth-order valence-corrected chi connectivity index (χ4v) is 1.43. The largest absolute Gasteiger partial charge is 0.459 e. The molecule has 0 radical (unpaired) electrons. The quantitative estimate of drug-likeness (QED) is 0.642. The first-order chi connectivity index (χ1) is 5.83. The molecule has 2 aromatic rings. The van der Waals surface area contributed by atoms with E-state index < -0.39 is 0 Å². The van der Waals surface area contributed by atoms with Crippen molar-refractivity contribution in [2.24, 2.45) is 0 Å². The summed E-state index contributed by atoms with van der Waals surface area (Å²) in [6.07, 6.45) is 2.73. The number of furan rings is 1. The lowest BCUT2D eigenvalue weighted by Gasteiger charge is -1.87. The van der Waals surface area contributed by atoms with Crippen LogP contribution in [0.1, 0.15) is 18.2 Å². The third-order valence-corrected chi connectivity index (χ3v) is 2.10. The maximum atomic E-state index is 5.59. The van der Waals surface area contributed by atoms with Crippen LogP contribution >= 0.6 is 0 Å². The zero-order valence-electron chi connectivity index (χ0n) is 7.29. The molecule has 0 aliphatic heterocycles. The van der Waals surface area contributed by atoms with Crippen LogP contribution in [0.15, 0.2) is 22.7 Å². The number of hydrogen-bond donors (Lipinski definition) is 0. The van der Waals surface area contributed by atoms with Crippen LogP contribution in [-0.2, 0) is 6.42 Å². The summed E-state index contributed by atoms with van der Waals surface area (Å²) in [4.78, 5) is 4.26. The smallest absolute Gasteiger partial charge is 0.152 e. The molecule has 0 amide bonds. The van der Waals surface area contributed by atoms with Crippen LogP contribution in [0.5, 0.6) is 0 Å². The van der Waals surface area contributed by atoms with E-state index in [2.05, 4.69) is 18.8 Å². The Bertz CT molecular complexity index is 403. The molecule has 0 saturated carbocycles. The highest BCUT2D eigenvalue weighted by Crippen LogP contribution is 2.22. The Balaban J connectivity index is 2.78. The van der Waals surface area contributed by atoms with Gasteiger partial charge in [-0.15, -0.1) is 0 Å². The van der Waals surface area contributed by atoms with Crippen LogP contribution in [0.25, 0.3) is 11.1 Å². The molecule has 0 bridgehead atoms. The van der Waals surface area contributed by atoms with Crippen LogP contribution < -0.4 is 0 Å².